The predicted molar refractivity (Wildman–Crippen MR) is 114 cm³/mol. The number of nitrogens with one attached hydrogen (secondary N) is 1. The number of guanidine groups is 1. The molecule has 29 heavy (non-hydrogen) atoms. The molecule has 0 radical (unpaired) electrons. The quantitative estimate of drug-likeness (QED) is 0.525. The number of hydrogen-bond acceptors (Lipinski definition) is 5. The van der Waals surface area contributed by atoms with Gasteiger partial charge in [0.25, 0.3) is 0 Å². The number of aliphatic imine (C=N–C) groups is 1. The van der Waals surface area contributed by atoms with Crippen molar-refractivity contribution in [2.45, 2.75) is 39.3 Å². The summed E-state index contributed by atoms with van der Waals surface area (Å²) in [5.74, 6) is 2.65. The van der Waals surface area contributed by atoms with Gasteiger partial charge in [0.2, 0.25) is 5.88 Å². The summed E-state index contributed by atoms with van der Waals surface area (Å²) in [6, 6.07) is 11.5. The lowest BCUT2D eigenvalue weighted by Crippen LogP contribution is -2.40. The molecule has 3 rings (SSSR count). The molecule has 1 saturated heterocycles. The summed E-state index contributed by atoms with van der Waals surface area (Å²) in [4.78, 5) is 11.2. The van der Waals surface area contributed by atoms with Crippen LogP contribution in [0.1, 0.15) is 32.3 Å². The molecule has 1 aromatic carbocycles. The fourth-order valence-corrected chi connectivity index (χ4v) is 3.13. The molecule has 2 N–H and O–H groups in total. The van der Waals surface area contributed by atoms with E-state index in [2.05, 4.69) is 22.1 Å². The fourth-order valence-electron chi connectivity index (χ4n) is 3.13. The van der Waals surface area contributed by atoms with Gasteiger partial charge in [-0.1, -0.05) is 25.1 Å². The SMILES string of the molecule is CCCOc1ccccc1Oc1ncccc1CN=C(NCC)N1CC[C@@H](O)C1. The molecule has 0 bridgehead atoms. The van der Waals surface area contributed by atoms with Crippen LogP contribution in [0.3, 0.4) is 0 Å². The first-order valence-corrected chi connectivity index (χ1v) is 10.3. The number of ether oxygens (including phenoxy) is 2. The Morgan fingerprint density at radius 2 is 2.07 bits per heavy atom. The topological polar surface area (TPSA) is 79.2 Å². The standard InChI is InChI=1S/C22H30N4O3/c1-3-14-28-19-9-5-6-10-20(19)29-21-17(8-7-12-24-21)15-25-22(23-4-2)26-13-11-18(27)16-26/h5-10,12,18,27H,3-4,11,13-16H2,1-2H3,(H,23,25)/t18-/m1/s1. The van der Waals surface area contributed by atoms with Crippen LogP contribution in [0, 0.1) is 0 Å². The largest absolute Gasteiger partial charge is 0.490 e. The molecule has 0 amide bonds. The van der Waals surface area contributed by atoms with Crippen molar-refractivity contribution in [3.05, 3.63) is 48.2 Å². The maximum absolute atomic E-state index is 9.83. The van der Waals surface area contributed by atoms with E-state index >= 15 is 0 Å². The zero-order valence-electron chi connectivity index (χ0n) is 17.2. The van der Waals surface area contributed by atoms with Gasteiger partial charge in [-0.2, -0.15) is 0 Å². The Hall–Kier alpha value is -2.80. The molecule has 1 aliphatic heterocycles. The van der Waals surface area contributed by atoms with Crippen molar-refractivity contribution in [3.8, 4) is 17.4 Å². The van der Waals surface area contributed by atoms with Crippen LogP contribution < -0.4 is 14.8 Å². The number of benzene rings is 1. The van der Waals surface area contributed by atoms with E-state index in [9.17, 15) is 5.11 Å². The highest BCUT2D eigenvalue weighted by Gasteiger charge is 2.23. The number of para-hydroxylation sites is 2. The van der Waals surface area contributed by atoms with Crippen molar-refractivity contribution in [1.82, 2.24) is 15.2 Å². The fraction of sp³-hybridized carbons (Fsp3) is 0.455. The summed E-state index contributed by atoms with van der Waals surface area (Å²) in [5, 5.41) is 13.1. The summed E-state index contributed by atoms with van der Waals surface area (Å²) >= 11 is 0. The Bertz CT molecular complexity index is 812. The summed E-state index contributed by atoms with van der Waals surface area (Å²) in [6.07, 6.45) is 3.10. The van der Waals surface area contributed by atoms with Gasteiger partial charge < -0.3 is 24.8 Å². The van der Waals surface area contributed by atoms with Gasteiger partial charge in [-0.3, -0.25) is 0 Å². The number of hydrogen-bond donors (Lipinski definition) is 2. The predicted octanol–water partition coefficient (Wildman–Crippen LogP) is 3.19. The maximum Gasteiger partial charge on any atom is 0.224 e. The second-order valence-electron chi connectivity index (χ2n) is 6.92. The zero-order chi connectivity index (χ0) is 20.5. The molecule has 0 spiro atoms. The highest BCUT2D eigenvalue weighted by atomic mass is 16.5. The molecule has 0 unspecified atom stereocenters. The van der Waals surface area contributed by atoms with E-state index < -0.39 is 0 Å². The molecule has 2 heterocycles. The molecule has 7 nitrogen and oxygen atoms in total. The number of aromatic nitrogens is 1. The Kier molecular flexibility index (Phi) is 7.69. The van der Waals surface area contributed by atoms with Crippen molar-refractivity contribution in [3.63, 3.8) is 0 Å². The van der Waals surface area contributed by atoms with Crippen LogP contribution in [0.4, 0.5) is 0 Å². The minimum absolute atomic E-state index is 0.296. The van der Waals surface area contributed by atoms with E-state index in [0.717, 1.165) is 37.5 Å². The smallest absolute Gasteiger partial charge is 0.224 e. The number of pyridine rings is 1. The number of aliphatic hydroxyl groups excluding tert-OH is 1. The number of aliphatic hydroxyl groups is 1. The van der Waals surface area contributed by atoms with Crippen LogP contribution in [0.5, 0.6) is 17.4 Å². The maximum atomic E-state index is 9.83. The third-order valence-corrected chi connectivity index (χ3v) is 4.56. The van der Waals surface area contributed by atoms with Gasteiger partial charge in [0.15, 0.2) is 17.5 Å². The van der Waals surface area contributed by atoms with E-state index in [0.29, 0.717) is 37.1 Å². The van der Waals surface area contributed by atoms with Crippen LogP contribution >= 0.6 is 0 Å². The normalized spacial score (nSPS) is 16.7. The molecule has 7 heteroatoms. The van der Waals surface area contributed by atoms with Gasteiger partial charge in [0, 0.05) is 31.4 Å². The number of β-amino-alcohol motifs (C(OH)–C–C–N with tert-alkyl or cyclic N) is 1. The first kappa shape index (κ1) is 20.9. The van der Waals surface area contributed by atoms with E-state index in [4.69, 9.17) is 14.5 Å². The van der Waals surface area contributed by atoms with Crippen LogP contribution in [-0.4, -0.2) is 53.3 Å². The highest BCUT2D eigenvalue weighted by Crippen LogP contribution is 2.32. The van der Waals surface area contributed by atoms with Crippen LogP contribution in [0.2, 0.25) is 0 Å². The van der Waals surface area contributed by atoms with Gasteiger partial charge in [-0.25, -0.2) is 9.98 Å². The minimum atomic E-state index is -0.296. The third-order valence-electron chi connectivity index (χ3n) is 4.56. The van der Waals surface area contributed by atoms with Gasteiger partial charge >= 0.3 is 0 Å². The van der Waals surface area contributed by atoms with Crippen LogP contribution in [0.25, 0.3) is 0 Å². The molecule has 2 aromatic rings. The van der Waals surface area contributed by atoms with Crippen molar-refractivity contribution in [1.29, 1.82) is 0 Å². The molecular formula is C22H30N4O3. The number of nitrogens with zero attached hydrogens (tertiary/aromatic N) is 3. The van der Waals surface area contributed by atoms with Gasteiger partial charge in [0.05, 0.1) is 19.3 Å². The monoisotopic (exact) mass is 398 g/mol. The lowest BCUT2D eigenvalue weighted by atomic mass is 10.2. The van der Waals surface area contributed by atoms with Crippen molar-refractivity contribution >= 4 is 5.96 Å². The van der Waals surface area contributed by atoms with E-state index in [1.807, 2.05) is 43.3 Å². The molecule has 1 fully saturated rings. The van der Waals surface area contributed by atoms with E-state index in [1.54, 1.807) is 6.20 Å². The van der Waals surface area contributed by atoms with Crippen molar-refractivity contribution in [2.24, 2.45) is 4.99 Å². The molecule has 0 saturated carbocycles. The first-order chi connectivity index (χ1) is 14.2. The molecule has 1 aromatic heterocycles. The summed E-state index contributed by atoms with van der Waals surface area (Å²) in [6.45, 7) is 7.33. The number of likely N-dealkylation sites (tertiary alicyclic amines) is 1. The molecule has 1 aliphatic rings. The molecular weight excluding hydrogens is 368 g/mol. The summed E-state index contributed by atoms with van der Waals surface area (Å²) in [7, 11) is 0. The lowest BCUT2D eigenvalue weighted by Gasteiger charge is -2.21. The molecule has 0 aliphatic carbocycles. The van der Waals surface area contributed by atoms with Crippen LogP contribution in [0.15, 0.2) is 47.6 Å². The number of rotatable bonds is 8. The van der Waals surface area contributed by atoms with Crippen molar-refractivity contribution in [2.75, 3.05) is 26.2 Å². The highest BCUT2D eigenvalue weighted by molar-refractivity contribution is 5.80. The Labute approximate surface area is 172 Å². The first-order valence-electron chi connectivity index (χ1n) is 10.3. The Balaban J connectivity index is 1.77. The molecule has 1 atom stereocenters. The average Bonchev–Trinajstić information content (AvgIpc) is 3.17. The van der Waals surface area contributed by atoms with E-state index in [1.165, 1.54) is 0 Å². The van der Waals surface area contributed by atoms with Gasteiger partial charge in [0.1, 0.15) is 0 Å². The third kappa shape index (κ3) is 5.84. The second-order valence-corrected chi connectivity index (χ2v) is 6.92. The minimum Gasteiger partial charge on any atom is -0.490 e. The summed E-state index contributed by atoms with van der Waals surface area (Å²) < 4.78 is 11.9. The lowest BCUT2D eigenvalue weighted by molar-refractivity contribution is 0.188. The van der Waals surface area contributed by atoms with Gasteiger partial charge in [-0.05, 0) is 38.0 Å². The summed E-state index contributed by atoms with van der Waals surface area (Å²) in [5.41, 5.74) is 0.882. The van der Waals surface area contributed by atoms with E-state index in [-0.39, 0.29) is 6.10 Å². The Morgan fingerprint density at radius 1 is 1.24 bits per heavy atom. The van der Waals surface area contributed by atoms with Gasteiger partial charge in [-0.15, -0.1) is 0 Å². The zero-order valence-corrected chi connectivity index (χ0v) is 17.2. The van der Waals surface area contributed by atoms with Crippen molar-refractivity contribution < 1.29 is 14.6 Å². The van der Waals surface area contributed by atoms with Crippen LogP contribution in [-0.2, 0) is 6.54 Å². The molecule has 156 valence electrons. The Morgan fingerprint density at radius 3 is 2.79 bits per heavy atom. The second kappa shape index (κ2) is 10.7. The average molecular weight is 399 g/mol.